The first-order valence-corrected chi connectivity index (χ1v) is 23.8. The Bertz CT molecular complexity index is 1020. The number of aryl methyl sites for hydroxylation is 2. The molecule has 0 unspecified atom stereocenters. The van der Waals surface area contributed by atoms with E-state index in [9.17, 15) is 0 Å². The Hall–Kier alpha value is -1.30. The van der Waals surface area contributed by atoms with E-state index in [1.807, 2.05) is 0 Å². The third-order valence-electron chi connectivity index (χ3n) is 12.1. The molecule has 0 aliphatic carbocycles. The molecule has 0 amide bonds. The summed E-state index contributed by atoms with van der Waals surface area (Å²) in [6.45, 7) is 7.01. The summed E-state index contributed by atoms with van der Waals surface area (Å²) in [6.07, 6.45) is 54.7. The predicted molar refractivity (Wildman–Crippen MR) is 234 cm³/mol. The zero-order valence-corrected chi connectivity index (χ0v) is 35.3. The maximum absolute atomic E-state index is 2.47. The minimum absolute atomic E-state index is 1.27. The van der Waals surface area contributed by atoms with E-state index in [0.29, 0.717) is 0 Å². The fourth-order valence-electron chi connectivity index (χ4n) is 8.66. The van der Waals surface area contributed by atoms with Crippen LogP contribution in [-0.4, -0.2) is 0 Å². The largest absolute Gasteiger partial charge is 0.0654 e. The normalized spacial score (nSPS) is 11.7. The summed E-state index contributed by atoms with van der Waals surface area (Å²) in [7, 11) is 0. The van der Waals surface area contributed by atoms with Crippen molar-refractivity contribution in [1.29, 1.82) is 0 Å². The van der Waals surface area contributed by atoms with Crippen LogP contribution in [0.2, 0.25) is 0 Å². The molecule has 0 bridgehead atoms. The number of fused-ring (bicyclic) bond motifs is 1. The van der Waals surface area contributed by atoms with Crippen LogP contribution in [0.5, 0.6) is 0 Å². The molecule has 0 spiro atoms. The summed E-state index contributed by atoms with van der Waals surface area (Å²) >= 11 is 0. The van der Waals surface area contributed by atoms with Crippen LogP contribution >= 0.6 is 0 Å². The summed E-state index contributed by atoms with van der Waals surface area (Å²) < 4.78 is 0. The van der Waals surface area contributed by atoms with Gasteiger partial charge >= 0.3 is 0 Å². The van der Waals surface area contributed by atoms with Gasteiger partial charge in [0.15, 0.2) is 0 Å². The molecule has 294 valence electrons. The smallest absolute Gasteiger partial charge is 0.0149 e. The van der Waals surface area contributed by atoms with Gasteiger partial charge in [-0.2, -0.15) is 0 Å². The second kappa shape index (κ2) is 34.5. The zero-order chi connectivity index (χ0) is 36.3. The van der Waals surface area contributed by atoms with E-state index in [-0.39, 0.29) is 0 Å². The number of unbranched alkanes of at least 4 members (excludes halogenated alkanes) is 34. The first kappa shape index (κ1) is 45.9. The molecule has 0 atom stereocenters. The quantitative estimate of drug-likeness (QED) is 0.0611. The molecule has 0 heterocycles. The molecular formula is C51H90. The third kappa shape index (κ3) is 24.6. The summed E-state index contributed by atoms with van der Waals surface area (Å²) in [6, 6.07) is 11.7. The number of rotatable bonds is 38. The Morgan fingerprint density at radius 3 is 0.922 bits per heavy atom. The highest BCUT2D eigenvalue weighted by molar-refractivity contribution is 5.87. The molecular weight excluding hydrogens is 613 g/mol. The first-order chi connectivity index (χ1) is 25.3. The minimum Gasteiger partial charge on any atom is -0.0654 e. The molecule has 0 aliphatic heterocycles. The van der Waals surface area contributed by atoms with Gasteiger partial charge in [-0.15, -0.1) is 0 Å². The van der Waals surface area contributed by atoms with Crippen molar-refractivity contribution < 1.29 is 0 Å². The Morgan fingerprint density at radius 1 is 0.314 bits per heavy atom. The van der Waals surface area contributed by atoms with E-state index >= 15 is 0 Å². The van der Waals surface area contributed by atoms with E-state index in [2.05, 4.69) is 51.1 Å². The van der Waals surface area contributed by atoms with Gasteiger partial charge in [0, 0.05) is 0 Å². The molecule has 0 aromatic heterocycles. The molecule has 2 aromatic rings. The number of benzene rings is 2. The van der Waals surface area contributed by atoms with E-state index in [0.717, 1.165) is 0 Å². The topological polar surface area (TPSA) is 0 Å². The van der Waals surface area contributed by atoms with Crippen molar-refractivity contribution in [3.05, 3.63) is 47.0 Å². The van der Waals surface area contributed by atoms with Gasteiger partial charge in [0.25, 0.3) is 0 Å². The summed E-state index contributed by atoms with van der Waals surface area (Å²) in [5.41, 5.74) is 4.92. The SMILES string of the molecule is CCCCCCCCCCCCCCCCCCCCc1c(C)cc2ccccc2c1CCCCCCCCCCCCCCCCCCCC. The molecule has 0 heteroatoms. The van der Waals surface area contributed by atoms with Crippen molar-refractivity contribution in [2.24, 2.45) is 0 Å². The Labute approximate surface area is 321 Å². The van der Waals surface area contributed by atoms with Crippen molar-refractivity contribution in [2.45, 2.75) is 265 Å². The van der Waals surface area contributed by atoms with Gasteiger partial charge in [-0.05, 0) is 60.1 Å². The summed E-state index contributed by atoms with van der Waals surface area (Å²) in [5.74, 6) is 0. The van der Waals surface area contributed by atoms with Gasteiger partial charge < -0.3 is 0 Å². The average Bonchev–Trinajstić information content (AvgIpc) is 3.14. The molecule has 0 N–H and O–H groups in total. The maximum Gasteiger partial charge on any atom is -0.0149 e. The fourth-order valence-corrected chi connectivity index (χ4v) is 8.66. The standard InChI is InChI=1S/C51H90/c1-4-6-8-10-12-14-16-18-20-22-24-26-28-30-32-34-36-38-43-49-47(3)46-48-42-40-41-44-50(48)51(49)45-39-37-35-33-31-29-27-25-23-21-19-17-15-13-11-9-7-5-2/h40-42,44,46H,4-39,43,45H2,1-3H3. The maximum atomic E-state index is 2.47. The van der Waals surface area contributed by atoms with Crippen LogP contribution in [0.15, 0.2) is 30.3 Å². The first-order valence-electron chi connectivity index (χ1n) is 23.8. The highest BCUT2D eigenvalue weighted by atomic mass is 14.2. The molecule has 0 radical (unpaired) electrons. The van der Waals surface area contributed by atoms with Crippen molar-refractivity contribution in [2.75, 3.05) is 0 Å². The van der Waals surface area contributed by atoms with Crippen LogP contribution in [-0.2, 0) is 12.8 Å². The van der Waals surface area contributed by atoms with Crippen LogP contribution in [0.4, 0.5) is 0 Å². The lowest BCUT2D eigenvalue weighted by Gasteiger charge is -2.17. The Kier molecular flexibility index (Phi) is 31.0. The fraction of sp³-hybridized carbons (Fsp3) is 0.804. The lowest BCUT2D eigenvalue weighted by Crippen LogP contribution is -2.01. The molecule has 0 nitrogen and oxygen atoms in total. The minimum atomic E-state index is 1.27. The van der Waals surface area contributed by atoms with E-state index < -0.39 is 0 Å². The van der Waals surface area contributed by atoms with Crippen LogP contribution in [0.1, 0.15) is 262 Å². The lowest BCUT2D eigenvalue weighted by molar-refractivity contribution is 0.524. The predicted octanol–water partition coefficient (Wildman–Crippen LogP) is 18.3. The molecule has 0 saturated heterocycles. The molecule has 0 aliphatic rings. The van der Waals surface area contributed by atoms with Crippen LogP contribution < -0.4 is 0 Å². The van der Waals surface area contributed by atoms with Crippen molar-refractivity contribution in [3.8, 4) is 0 Å². The van der Waals surface area contributed by atoms with Gasteiger partial charge in [0.2, 0.25) is 0 Å². The second-order valence-electron chi connectivity index (χ2n) is 16.9. The van der Waals surface area contributed by atoms with Gasteiger partial charge in [0.1, 0.15) is 0 Å². The second-order valence-corrected chi connectivity index (χ2v) is 16.9. The molecule has 51 heavy (non-hydrogen) atoms. The lowest BCUT2D eigenvalue weighted by atomic mass is 9.88. The van der Waals surface area contributed by atoms with Crippen molar-refractivity contribution in [1.82, 2.24) is 0 Å². The van der Waals surface area contributed by atoms with Crippen LogP contribution in [0.25, 0.3) is 10.8 Å². The third-order valence-corrected chi connectivity index (χ3v) is 12.1. The average molecular weight is 703 g/mol. The van der Waals surface area contributed by atoms with E-state index in [1.165, 1.54) is 260 Å². The Morgan fingerprint density at radius 2 is 0.588 bits per heavy atom. The molecule has 2 aromatic carbocycles. The number of hydrogen-bond donors (Lipinski definition) is 0. The zero-order valence-electron chi connectivity index (χ0n) is 35.3. The Balaban J connectivity index is 1.50. The van der Waals surface area contributed by atoms with Crippen molar-refractivity contribution >= 4 is 10.8 Å². The van der Waals surface area contributed by atoms with Crippen LogP contribution in [0, 0.1) is 6.92 Å². The summed E-state index contributed by atoms with van der Waals surface area (Å²) in [4.78, 5) is 0. The molecule has 2 rings (SSSR count). The molecule has 0 saturated carbocycles. The summed E-state index contributed by atoms with van der Waals surface area (Å²) in [5, 5.41) is 2.99. The van der Waals surface area contributed by atoms with Gasteiger partial charge in [-0.1, -0.05) is 262 Å². The highest BCUT2D eigenvalue weighted by Gasteiger charge is 2.11. The number of hydrogen-bond acceptors (Lipinski definition) is 0. The monoisotopic (exact) mass is 703 g/mol. The van der Waals surface area contributed by atoms with Gasteiger partial charge in [0.05, 0.1) is 0 Å². The van der Waals surface area contributed by atoms with E-state index in [4.69, 9.17) is 0 Å². The highest BCUT2D eigenvalue weighted by Crippen LogP contribution is 2.29. The van der Waals surface area contributed by atoms with Gasteiger partial charge in [-0.3, -0.25) is 0 Å². The van der Waals surface area contributed by atoms with Crippen molar-refractivity contribution in [3.63, 3.8) is 0 Å². The molecule has 0 fully saturated rings. The van der Waals surface area contributed by atoms with E-state index in [1.54, 1.807) is 11.1 Å². The van der Waals surface area contributed by atoms with Gasteiger partial charge in [-0.25, -0.2) is 0 Å². The van der Waals surface area contributed by atoms with Crippen LogP contribution in [0.3, 0.4) is 0 Å².